The van der Waals surface area contributed by atoms with Gasteiger partial charge in [0.1, 0.15) is 10.0 Å². The van der Waals surface area contributed by atoms with Gasteiger partial charge in [-0.15, -0.1) is 0 Å². The summed E-state index contributed by atoms with van der Waals surface area (Å²) < 4.78 is 0. The first-order valence-electron chi connectivity index (χ1n) is 6.79. The number of benzene rings is 1. The van der Waals surface area contributed by atoms with Crippen LogP contribution in [0.5, 0.6) is 0 Å². The summed E-state index contributed by atoms with van der Waals surface area (Å²) in [4.78, 5) is 4.71. The second kappa shape index (κ2) is 5.57. The average molecular weight is 270 g/mol. The molecule has 2 nitrogen and oxygen atoms in total. The monoisotopic (exact) mass is 270 g/mol. The number of nitrogens with one attached hydrogen (secondary N) is 1. The van der Waals surface area contributed by atoms with Gasteiger partial charge < -0.3 is 5.32 Å². The number of nitrogens with zero attached hydrogens (tertiary/aromatic N) is 1. The second-order valence-electron chi connectivity index (χ2n) is 4.96. The van der Waals surface area contributed by atoms with Crippen LogP contribution in [-0.2, 0) is 6.42 Å². The van der Waals surface area contributed by atoms with Gasteiger partial charge >= 0.3 is 0 Å². The van der Waals surface area contributed by atoms with Gasteiger partial charge in [0.15, 0.2) is 0 Å². The Labute approximate surface area is 118 Å². The zero-order valence-electron chi connectivity index (χ0n) is 11.1. The SMILES string of the molecule is Cc1ccc(/C=C/c2nc3c(s2)NCCCC3)cc1. The van der Waals surface area contributed by atoms with E-state index in [1.54, 1.807) is 11.3 Å². The molecule has 0 atom stereocenters. The van der Waals surface area contributed by atoms with Crippen LogP contribution in [0.1, 0.15) is 34.7 Å². The summed E-state index contributed by atoms with van der Waals surface area (Å²) in [6.45, 7) is 3.19. The third kappa shape index (κ3) is 3.04. The Kier molecular flexibility index (Phi) is 3.65. The number of rotatable bonds is 2. The number of hydrogen-bond acceptors (Lipinski definition) is 3. The Hall–Kier alpha value is -1.61. The summed E-state index contributed by atoms with van der Waals surface area (Å²) in [5.41, 5.74) is 3.76. The molecule has 1 N–H and O–H groups in total. The Balaban J connectivity index is 1.78. The lowest BCUT2D eigenvalue weighted by molar-refractivity contribution is 0.774. The van der Waals surface area contributed by atoms with Crippen molar-refractivity contribution < 1.29 is 0 Å². The standard InChI is InChI=1S/C16H18N2S/c1-12-5-7-13(8-6-12)9-10-15-18-14-4-2-3-11-17-16(14)19-15/h5-10,17H,2-4,11H2,1H3/b10-9+. The van der Waals surface area contributed by atoms with E-state index in [1.165, 1.54) is 34.7 Å². The van der Waals surface area contributed by atoms with E-state index in [1.807, 2.05) is 0 Å². The van der Waals surface area contributed by atoms with Gasteiger partial charge in [-0.05, 0) is 37.8 Å². The molecule has 0 spiro atoms. The quantitative estimate of drug-likeness (QED) is 0.876. The first-order chi connectivity index (χ1) is 9.31. The largest absolute Gasteiger partial charge is 0.375 e. The van der Waals surface area contributed by atoms with E-state index >= 15 is 0 Å². The Bertz CT molecular complexity index is 558. The van der Waals surface area contributed by atoms with Crippen LogP contribution < -0.4 is 5.32 Å². The molecule has 0 saturated heterocycles. The molecular weight excluding hydrogens is 252 g/mol. The molecule has 0 bridgehead atoms. The molecule has 2 aromatic rings. The van der Waals surface area contributed by atoms with E-state index in [0.29, 0.717) is 0 Å². The molecule has 1 aromatic carbocycles. The van der Waals surface area contributed by atoms with Crippen molar-refractivity contribution in [3.05, 3.63) is 46.1 Å². The number of aryl methyl sites for hydroxylation is 2. The molecule has 2 heterocycles. The van der Waals surface area contributed by atoms with Gasteiger partial charge in [-0.25, -0.2) is 4.98 Å². The Morgan fingerprint density at radius 3 is 2.84 bits per heavy atom. The fraction of sp³-hybridized carbons (Fsp3) is 0.312. The predicted octanol–water partition coefficient (Wildman–Crippen LogP) is 4.37. The minimum Gasteiger partial charge on any atom is -0.375 e. The van der Waals surface area contributed by atoms with Gasteiger partial charge in [-0.1, -0.05) is 47.2 Å². The highest BCUT2D eigenvalue weighted by atomic mass is 32.1. The number of hydrogen-bond donors (Lipinski definition) is 1. The molecule has 1 aliphatic heterocycles. The summed E-state index contributed by atoms with van der Waals surface area (Å²) in [5.74, 6) is 0. The maximum Gasteiger partial charge on any atom is 0.118 e. The molecule has 19 heavy (non-hydrogen) atoms. The molecule has 0 amide bonds. The Morgan fingerprint density at radius 1 is 1.16 bits per heavy atom. The zero-order chi connectivity index (χ0) is 13.1. The van der Waals surface area contributed by atoms with Crippen molar-refractivity contribution in [3.8, 4) is 0 Å². The summed E-state index contributed by atoms with van der Waals surface area (Å²) in [5, 5.41) is 5.84. The highest BCUT2D eigenvalue weighted by Gasteiger charge is 2.11. The predicted molar refractivity (Wildman–Crippen MR) is 83.6 cm³/mol. The van der Waals surface area contributed by atoms with Gasteiger partial charge in [0, 0.05) is 6.54 Å². The van der Waals surface area contributed by atoms with Crippen LogP contribution in [-0.4, -0.2) is 11.5 Å². The van der Waals surface area contributed by atoms with Gasteiger partial charge in [0.25, 0.3) is 0 Å². The van der Waals surface area contributed by atoms with Crippen LogP contribution in [0.2, 0.25) is 0 Å². The lowest BCUT2D eigenvalue weighted by Gasteiger charge is -1.96. The smallest absolute Gasteiger partial charge is 0.118 e. The molecule has 98 valence electrons. The third-order valence-corrected chi connectivity index (χ3v) is 4.36. The maximum atomic E-state index is 4.71. The van der Waals surface area contributed by atoms with Crippen molar-refractivity contribution in [2.75, 3.05) is 11.9 Å². The molecule has 0 radical (unpaired) electrons. The summed E-state index contributed by atoms with van der Waals surface area (Å²) in [6.07, 6.45) is 7.85. The topological polar surface area (TPSA) is 24.9 Å². The molecular formula is C16H18N2S. The molecule has 3 rings (SSSR count). The van der Waals surface area contributed by atoms with Crippen LogP contribution >= 0.6 is 11.3 Å². The summed E-state index contributed by atoms with van der Waals surface area (Å²) in [7, 11) is 0. The van der Waals surface area contributed by atoms with Gasteiger partial charge in [-0.2, -0.15) is 0 Å². The third-order valence-electron chi connectivity index (χ3n) is 3.34. The van der Waals surface area contributed by atoms with Crippen molar-refractivity contribution in [2.45, 2.75) is 26.2 Å². The van der Waals surface area contributed by atoms with E-state index in [-0.39, 0.29) is 0 Å². The van der Waals surface area contributed by atoms with Crippen molar-refractivity contribution in [2.24, 2.45) is 0 Å². The second-order valence-corrected chi connectivity index (χ2v) is 5.99. The van der Waals surface area contributed by atoms with Crippen molar-refractivity contribution >= 4 is 28.5 Å². The van der Waals surface area contributed by atoms with E-state index in [0.717, 1.165) is 18.0 Å². The maximum absolute atomic E-state index is 4.71. The van der Waals surface area contributed by atoms with Crippen molar-refractivity contribution in [3.63, 3.8) is 0 Å². The van der Waals surface area contributed by atoms with Gasteiger partial charge in [-0.3, -0.25) is 0 Å². The van der Waals surface area contributed by atoms with E-state index in [9.17, 15) is 0 Å². The molecule has 3 heteroatoms. The highest BCUT2D eigenvalue weighted by Crippen LogP contribution is 2.29. The molecule has 1 aliphatic rings. The van der Waals surface area contributed by atoms with Crippen LogP contribution in [0.4, 0.5) is 5.00 Å². The van der Waals surface area contributed by atoms with Crippen LogP contribution in [0, 0.1) is 6.92 Å². The van der Waals surface area contributed by atoms with Crippen molar-refractivity contribution in [1.29, 1.82) is 0 Å². The first-order valence-corrected chi connectivity index (χ1v) is 7.61. The van der Waals surface area contributed by atoms with E-state index in [4.69, 9.17) is 4.98 Å². The fourth-order valence-corrected chi connectivity index (χ4v) is 3.15. The summed E-state index contributed by atoms with van der Waals surface area (Å²) >= 11 is 1.76. The molecule has 0 fully saturated rings. The normalized spacial score (nSPS) is 15.0. The summed E-state index contributed by atoms with van der Waals surface area (Å²) in [6, 6.07) is 8.56. The molecule has 0 aliphatic carbocycles. The zero-order valence-corrected chi connectivity index (χ0v) is 12.0. The lowest BCUT2D eigenvalue weighted by atomic mass is 10.1. The van der Waals surface area contributed by atoms with E-state index in [2.05, 4.69) is 48.7 Å². The van der Waals surface area contributed by atoms with Gasteiger partial charge in [0.2, 0.25) is 0 Å². The number of aromatic nitrogens is 1. The first kappa shape index (κ1) is 12.4. The lowest BCUT2D eigenvalue weighted by Crippen LogP contribution is -1.96. The minimum absolute atomic E-state index is 1.08. The van der Waals surface area contributed by atoms with Gasteiger partial charge in [0.05, 0.1) is 5.69 Å². The van der Waals surface area contributed by atoms with Crippen LogP contribution in [0.15, 0.2) is 24.3 Å². The molecule has 1 aromatic heterocycles. The average Bonchev–Trinajstić information content (AvgIpc) is 2.68. The fourth-order valence-electron chi connectivity index (χ4n) is 2.21. The van der Waals surface area contributed by atoms with Crippen LogP contribution in [0.25, 0.3) is 12.2 Å². The number of thiazole rings is 1. The Morgan fingerprint density at radius 2 is 2.00 bits per heavy atom. The molecule has 0 saturated carbocycles. The minimum atomic E-state index is 1.08. The highest BCUT2D eigenvalue weighted by molar-refractivity contribution is 7.16. The van der Waals surface area contributed by atoms with E-state index < -0.39 is 0 Å². The van der Waals surface area contributed by atoms with Crippen LogP contribution in [0.3, 0.4) is 0 Å². The number of fused-ring (bicyclic) bond motifs is 1. The molecule has 0 unspecified atom stereocenters. The number of anilines is 1. The van der Waals surface area contributed by atoms with Crippen molar-refractivity contribution in [1.82, 2.24) is 4.98 Å².